The quantitative estimate of drug-likeness (QED) is 0.721. The lowest BCUT2D eigenvalue weighted by molar-refractivity contribution is -0.125. The number of carbonyl (C=O) groups excluding carboxylic acids is 3. The molecule has 1 aromatic rings. The molecule has 2 fully saturated rings. The van der Waals surface area contributed by atoms with Crippen LogP contribution in [0.2, 0.25) is 5.02 Å². The number of aryl methyl sites for hydroxylation is 1. The van der Waals surface area contributed by atoms with E-state index >= 15 is 0 Å². The first-order valence-electron chi connectivity index (χ1n) is 7.60. The van der Waals surface area contributed by atoms with Crippen LogP contribution in [0.4, 0.5) is 4.79 Å². The number of imide groups is 1. The van der Waals surface area contributed by atoms with Crippen molar-refractivity contribution in [1.82, 2.24) is 16.0 Å². The molecule has 0 unspecified atom stereocenters. The second kappa shape index (κ2) is 5.85. The Morgan fingerprint density at radius 1 is 1.30 bits per heavy atom. The fraction of sp³-hybridized carbons (Fsp3) is 0.438. The third-order valence-electron chi connectivity index (χ3n) is 4.56. The van der Waals surface area contributed by atoms with Crippen LogP contribution in [0.15, 0.2) is 18.2 Å². The fourth-order valence-electron chi connectivity index (χ4n) is 3.20. The van der Waals surface area contributed by atoms with Crippen molar-refractivity contribution < 1.29 is 14.4 Å². The van der Waals surface area contributed by atoms with E-state index in [2.05, 4.69) is 16.0 Å². The lowest BCUT2D eigenvalue weighted by Gasteiger charge is -2.34. The van der Waals surface area contributed by atoms with E-state index < -0.39 is 11.6 Å². The zero-order valence-electron chi connectivity index (χ0n) is 12.7. The Hall–Kier alpha value is -2.08. The Morgan fingerprint density at radius 2 is 2.00 bits per heavy atom. The summed E-state index contributed by atoms with van der Waals surface area (Å²) in [6.07, 6.45) is 2.28. The van der Waals surface area contributed by atoms with Crippen molar-refractivity contribution in [2.75, 3.05) is 0 Å². The number of amides is 4. The van der Waals surface area contributed by atoms with Gasteiger partial charge in [-0.15, -0.1) is 0 Å². The van der Waals surface area contributed by atoms with Crippen molar-refractivity contribution in [3.8, 4) is 0 Å². The second-order valence-corrected chi connectivity index (χ2v) is 6.63. The summed E-state index contributed by atoms with van der Waals surface area (Å²) in [6.45, 7) is 1.91. The van der Waals surface area contributed by atoms with E-state index in [1.54, 1.807) is 12.1 Å². The fourth-order valence-corrected chi connectivity index (χ4v) is 3.52. The third kappa shape index (κ3) is 3.03. The summed E-state index contributed by atoms with van der Waals surface area (Å²) in [6, 6.07) is 4.83. The first-order valence-corrected chi connectivity index (χ1v) is 7.98. The molecule has 1 saturated carbocycles. The smallest absolute Gasteiger partial charge is 0.322 e. The van der Waals surface area contributed by atoms with Crippen LogP contribution in [0, 0.1) is 6.92 Å². The van der Waals surface area contributed by atoms with Gasteiger partial charge >= 0.3 is 6.03 Å². The van der Waals surface area contributed by atoms with Gasteiger partial charge in [0.05, 0.1) is 10.6 Å². The van der Waals surface area contributed by atoms with Gasteiger partial charge in [0.2, 0.25) is 0 Å². The summed E-state index contributed by atoms with van der Waals surface area (Å²) < 4.78 is 0. The molecular weight excluding hydrogens is 318 g/mol. The summed E-state index contributed by atoms with van der Waals surface area (Å²) in [5, 5.41) is 8.37. The van der Waals surface area contributed by atoms with Gasteiger partial charge in [0.15, 0.2) is 0 Å². The predicted molar refractivity (Wildman–Crippen MR) is 85.3 cm³/mol. The Labute approximate surface area is 139 Å². The molecule has 6 nitrogen and oxygen atoms in total. The predicted octanol–water partition coefficient (Wildman–Crippen LogP) is 1.90. The van der Waals surface area contributed by atoms with E-state index in [4.69, 9.17) is 11.6 Å². The summed E-state index contributed by atoms with van der Waals surface area (Å²) >= 11 is 6.11. The number of benzene rings is 1. The topological polar surface area (TPSA) is 87.3 Å². The number of halogens is 1. The summed E-state index contributed by atoms with van der Waals surface area (Å²) in [4.78, 5) is 35.5. The molecule has 0 radical (unpaired) electrons. The highest BCUT2D eigenvalue weighted by molar-refractivity contribution is 6.33. The van der Waals surface area contributed by atoms with Crippen LogP contribution in [0.3, 0.4) is 0 Å². The van der Waals surface area contributed by atoms with E-state index in [-0.39, 0.29) is 17.9 Å². The first kappa shape index (κ1) is 15.8. The van der Waals surface area contributed by atoms with Crippen LogP contribution in [0.1, 0.15) is 41.6 Å². The van der Waals surface area contributed by atoms with Gasteiger partial charge in [-0.05, 0) is 50.3 Å². The minimum absolute atomic E-state index is 0.0317. The lowest BCUT2D eigenvalue weighted by Crippen LogP contribution is -2.52. The molecule has 122 valence electrons. The molecule has 7 heteroatoms. The lowest BCUT2D eigenvalue weighted by atomic mass is 9.79. The van der Waals surface area contributed by atoms with Crippen LogP contribution in [-0.2, 0) is 4.79 Å². The van der Waals surface area contributed by atoms with Crippen LogP contribution >= 0.6 is 11.6 Å². The number of nitrogens with one attached hydrogen (secondary N) is 3. The van der Waals surface area contributed by atoms with Crippen molar-refractivity contribution in [1.29, 1.82) is 0 Å². The van der Waals surface area contributed by atoms with Crippen molar-refractivity contribution in [3.63, 3.8) is 0 Å². The molecular formula is C16H18ClN3O3. The maximum atomic E-state index is 12.3. The molecule has 23 heavy (non-hydrogen) atoms. The minimum atomic E-state index is -0.806. The van der Waals surface area contributed by atoms with Gasteiger partial charge in [0.1, 0.15) is 5.54 Å². The van der Waals surface area contributed by atoms with Crippen LogP contribution < -0.4 is 16.0 Å². The zero-order valence-corrected chi connectivity index (χ0v) is 13.5. The molecule has 4 amide bonds. The Bertz CT molecular complexity index is 681. The zero-order chi connectivity index (χ0) is 16.6. The van der Waals surface area contributed by atoms with Gasteiger partial charge in [-0.25, -0.2) is 4.79 Å². The highest BCUT2D eigenvalue weighted by Gasteiger charge is 2.48. The standard InChI is InChI=1S/C16H18ClN3O3/c1-9-2-3-11(12(17)8-9)13(21)18-10-4-6-16(7-5-10)14(22)19-15(23)20-16/h2-3,8,10H,4-7H2,1H3,(H,18,21)(H2,19,20,22,23). The molecule has 1 aromatic carbocycles. The third-order valence-corrected chi connectivity index (χ3v) is 4.87. The highest BCUT2D eigenvalue weighted by atomic mass is 35.5. The van der Waals surface area contributed by atoms with Crippen LogP contribution in [0.5, 0.6) is 0 Å². The van der Waals surface area contributed by atoms with Gasteiger partial charge in [0, 0.05) is 6.04 Å². The van der Waals surface area contributed by atoms with E-state index in [1.165, 1.54) is 0 Å². The van der Waals surface area contributed by atoms with Crippen LogP contribution in [0.25, 0.3) is 0 Å². The molecule has 1 heterocycles. The molecule has 1 spiro atoms. The van der Waals surface area contributed by atoms with Gasteiger partial charge in [-0.1, -0.05) is 17.7 Å². The average molecular weight is 336 g/mol. The monoisotopic (exact) mass is 335 g/mol. The van der Waals surface area contributed by atoms with E-state index in [0.29, 0.717) is 36.3 Å². The molecule has 2 aliphatic rings. The molecule has 3 rings (SSSR count). The number of hydrogen-bond acceptors (Lipinski definition) is 3. The van der Waals surface area contributed by atoms with Gasteiger partial charge in [-0.3, -0.25) is 14.9 Å². The molecule has 0 atom stereocenters. The van der Waals surface area contributed by atoms with Crippen molar-refractivity contribution in [3.05, 3.63) is 34.3 Å². The summed E-state index contributed by atoms with van der Waals surface area (Å²) in [7, 11) is 0. The normalized spacial score (nSPS) is 26.8. The van der Waals surface area contributed by atoms with Crippen molar-refractivity contribution in [2.45, 2.75) is 44.2 Å². The molecule has 1 saturated heterocycles. The largest absolute Gasteiger partial charge is 0.349 e. The first-order chi connectivity index (χ1) is 10.9. The van der Waals surface area contributed by atoms with Crippen molar-refractivity contribution >= 4 is 29.4 Å². The summed E-state index contributed by atoms with van der Waals surface area (Å²) in [5.74, 6) is -0.482. The van der Waals surface area contributed by atoms with Gasteiger partial charge in [-0.2, -0.15) is 0 Å². The Morgan fingerprint density at radius 3 is 2.57 bits per heavy atom. The molecule has 0 aromatic heterocycles. The van der Waals surface area contributed by atoms with E-state index in [0.717, 1.165) is 5.56 Å². The number of rotatable bonds is 2. The number of hydrogen-bond donors (Lipinski definition) is 3. The second-order valence-electron chi connectivity index (χ2n) is 6.22. The SMILES string of the molecule is Cc1ccc(C(=O)NC2CCC3(CC2)NC(=O)NC3=O)c(Cl)c1. The van der Waals surface area contributed by atoms with E-state index in [1.807, 2.05) is 13.0 Å². The van der Waals surface area contributed by atoms with Gasteiger partial charge < -0.3 is 10.6 Å². The Balaban J connectivity index is 1.61. The highest BCUT2D eigenvalue weighted by Crippen LogP contribution is 2.31. The average Bonchev–Trinajstić information content (AvgIpc) is 2.75. The van der Waals surface area contributed by atoms with Gasteiger partial charge in [0.25, 0.3) is 11.8 Å². The summed E-state index contributed by atoms with van der Waals surface area (Å²) in [5.41, 5.74) is 0.637. The molecule has 1 aliphatic heterocycles. The maximum Gasteiger partial charge on any atom is 0.322 e. The Kier molecular flexibility index (Phi) is 4.02. The van der Waals surface area contributed by atoms with Crippen LogP contribution in [-0.4, -0.2) is 29.4 Å². The molecule has 3 N–H and O–H groups in total. The van der Waals surface area contributed by atoms with E-state index in [9.17, 15) is 14.4 Å². The number of urea groups is 1. The number of carbonyl (C=O) groups is 3. The minimum Gasteiger partial charge on any atom is -0.349 e. The molecule has 1 aliphatic carbocycles. The van der Waals surface area contributed by atoms with Crippen molar-refractivity contribution in [2.24, 2.45) is 0 Å². The maximum absolute atomic E-state index is 12.3. The molecule has 0 bridgehead atoms.